The summed E-state index contributed by atoms with van der Waals surface area (Å²) in [6.07, 6.45) is 1.40. The number of methoxy groups -OCH3 is 1. The Hall–Kier alpha value is -3.75. The molecule has 2 aromatic heterocycles. The summed E-state index contributed by atoms with van der Waals surface area (Å²) in [5, 5.41) is 6.81. The number of benzene rings is 1. The van der Waals surface area contributed by atoms with Crippen LogP contribution >= 0.6 is 0 Å². The largest absolute Gasteiger partial charge is 0.493 e. The molecule has 0 aliphatic carbocycles. The Bertz CT molecular complexity index is 1140. The van der Waals surface area contributed by atoms with Crippen LogP contribution in [0.2, 0.25) is 0 Å². The summed E-state index contributed by atoms with van der Waals surface area (Å²) >= 11 is 0. The van der Waals surface area contributed by atoms with Crippen LogP contribution in [-0.2, 0) is 4.79 Å². The predicted molar refractivity (Wildman–Crippen MR) is 121 cm³/mol. The number of esters is 1. The first-order valence-corrected chi connectivity index (χ1v) is 10.7. The maximum atomic E-state index is 13.0. The van der Waals surface area contributed by atoms with E-state index in [0.717, 1.165) is 11.1 Å². The van der Waals surface area contributed by atoms with Crippen molar-refractivity contribution in [3.05, 3.63) is 53.7 Å². The van der Waals surface area contributed by atoms with E-state index < -0.39 is 23.8 Å². The van der Waals surface area contributed by atoms with Gasteiger partial charge in [0, 0.05) is 17.8 Å². The molecule has 0 unspecified atom stereocenters. The van der Waals surface area contributed by atoms with E-state index in [2.05, 4.69) is 34.3 Å². The Morgan fingerprint density at radius 1 is 1.09 bits per heavy atom. The second-order valence-corrected chi connectivity index (χ2v) is 8.20. The highest BCUT2D eigenvalue weighted by Crippen LogP contribution is 2.31. The van der Waals surface area contributed by atoms with Crippen molar-refractivity contribution >= 4 is 11.9 Å². The summed E-state index contributed by atoms with van der Waals surface area (Å²) in [5.41, 5.74) is 1.90. The van der Waals surface area contributed by atoms with Gasteiger partial charge in [-0.25, -0.2) is 4.98 Å². The third kappa shape index (κ3) is 5.54. The smallest absolute Gasteiger partial charge is 0.313 e. The minimum atomic E-state index is -0.617. The number of hydrogen-bond acceptors (Lipinski definition) is 8. The second kappa shape index (κ2) is 10.2. The van der Waals surface area contributed by atoms with Crippen LogP contribution in [0.25, 0.3) is 11.4 Å². The summed E-state index contributed by atoms with van der Waals surface area (Å²) in [6.45, 7) is 9.31. The van der Waals surface area contributed by atoms with Crippen LogP contribution < -0.4 is 14.8 Å². The van der Waals surface area contributed by atoms with Crippen LogP contribution in [0.4, 0.5) is 0 Å². The molecule has 0 saturated carbocycles. The van der Waals surface area contributed by atoms with Crippen LogP contribution in [0, 0.1) is 5.92 Å². The lowest BCUT2D eigenvalue weighted by molar-refractivity contribution is -0.137. The maximum absolute atomic E-state index is 13.0. The normalized spacial score (nSPS) is 12.0. The van der Waals surface area contributed by atoms with Crippen molar-refractivity contribution in [2.75, 3.05) is 7.11 Å². The minimum Gasteiger partial charge on any atom is -0.493 e. The van der Waals surface area contributed by atoms with Gasteiger partial charge in [0.05, 0.1) is 13.0 Å². The molecule has 1 amide bonds. The summed E-state index contributed by atoms with van der Waals surface area (Å²) in [6, 6.07) is 8.80. The Labute approximate surface area is 192 Å². The summed E-state index contributed by atoms with van der Waals surface area (Å²) < 4.78 is 16.0. The molecule has 0 aliphatic heterocycles. The maximum Gasteiger partial charge on any atom is 0.313 e. The molecular weight excluding hydrogens is 424 g/mol. The first-order chi connectivity index (χ1) is 15.7. The fraction of sp³-hybridized carbons (Fsp3) is 0.375. The molecule has 3 rings (SSSR count). The molecule has 0 aliphatic rings. The predicted octanol–water partition coefficient (Wildman–Crippen LogP) is 4.32. The molecule has 1 N–H and O–H groups in total. The average Bonchev–Trinajstić information content (AvgIpc) is 3.29. The van der Waals surface area contributed by atoms with E-state index in [1.54, 1.807) is 20.8 Å². The van der Waals surface area contributed by atoms with Crippen molar-refractivity contribution in [3.8, 4) is 22.9 Å². The van der Waals surface area contributed by atoms with Gasteiger partial charge in [-0.2, -0.15) is 4.98 Å². The molecule has 0 bridgehead atoms. The Morgan fingerprint density at radius 2 is 1.85 bits per heavy atom. The lowest BCUT2D eigenvalue weighted by atomic mass is 10.0. The Morgan fingerprint density at radius 3 is 2.52 bits per heavy atom. The fourth-order valence-corrected chi connectivity index (χ4v) is 2.96. The molecule has 0 saturated heterocycles. The molecule has 174 valence electrons. The van der Waals surface area contributed by atoms with Crippen molar-refractivity contribution in [1.82, 2.24) is 20.4 Å². The van der Waals surface area contributed by atoms with Crippen molar-refractivity contribution in [2.45, 2.75) is 46.6 Å². The summed E-state index contributed by atoms with van der Waals surface area (Å²) in [7, 11) is 1.42. The summed E-state index contributed by atoms with van der Waals surface area (Å²) in [5.74, 6) is -0.263. The highest BCUT2D eigenvalue weighted by Gasteiger charge is 2.25. The first-order valence-electron chi connectivity index (χ1n) is 10.7. The molecule has 1 aromatic carbocycles. The molecule has 1 atom stereocenters. The highest BCUT2D eigenvalue weighted by atomic mass is 16.6. The quantitative estimate of drug-likeness (QED) is 0.502. The first kappa shape index (κ1) is 23.9. The van der Waals surface area contributed by atoms with E-state index in [1.165, 1.54) is 19.4 Å². The molecule has 0 fully saturated rings. The molecule has 9 nitrogen and oxygen atoms in total. The Balaban J connectivity index is 1.81. The van der Waals surface area contributed by atoms with E-state index in [1.807, 2.05) is 24.3 Å². The number of carbonyl (C=O) groups is 2. The van der Waals surface area contributed by atoms with Crippen LogP contribution in [0.5, 0.6) is 11.5 Å². The number of aromatic nitrogens is 3. The van der Waals surface area contributed by atoms with Gasteiger partial charge in [-0.1, -0.05) is 51.1 Å². The monoisotopic (exact) mass is 452 g/mol. The van der Waals surface area contributed by atoms with Crippen molar-refractivity contribution in [1.29, 1.82) is 0 Å². The molecule has 3 aromatic rings. The van der Waals surface area contributed by atoms with Crippen LogP contribution in [0.15, 0.2) is 41.1 Å². The Kier molecular flexibility index (Phi) is 7.42. The zero-order valence-electron chi connectivity index (χ0n) is 19.6. The SMILES string of the molecule is COc1ccnc(C(=O)N[C@@H](C)c2nc(-c3cccc(C(C)C)c3)no2)c1OC(=O)C(C)C. The number of ether oxygens (including phenoxy) is 2. The number of hydrogen-bond donors (Lipinski definition) is 1. The molecule has 33 heavy (non-hydrogen) atoms. The van der Waals surface area contributed by atoms with Crippen molar-refractivity contribution in [3.63, 3.8) is 0 Å². The second-order valence-electron chi connectivity index (χ2n) is 8.20. The van der Waals surface area contributed by atoms with Gasteiger partial charge >= 0.3 is 5.97 Å². The standard InChI is InChI=1S/C24H28N4O5/c1-13(2)16-8-7-9-17(12-16)21-27-23(33-28-21)15(5)26-22(29)19-20(32-24(30)14(3)4)18(31-6)10-11-25-19/h7-15H,1-6H3,(H,26,29)/t15-/m0/s1. The topological polar surface area (TPSA) is 116 Å². The lowest BCUT2D eigenvalue weighted by Gasteiger charge is -2.15. The van der Waals surface area contributed by atoms with Gasteiger partial charge in [0.1, 0.15) is 6.04 Å². The lowest BCUT2D eigenvalue weighted by Crippen LogP contribution is -2.29. The number of rotatable bonds is 8. The van der Waals surface area contributed by atoms with E-state index in [-0.39, 0.29) is 23.1 Å². The number of nitrogens with zero attached hydrogens (tertiary/aromatic N) is 3. The van der Waals surface area contributed by atoms with Crippen molar-refractivity contribution in [2.24, 2.45) is 5.92 Å². The van der Waals surface area contributed by atoms with Gasteiger partial charge in [0.15, 0.2) is 11.4 Å². The van der Waals surface area contributed by atoms with Crippen LogP contribution in [0.1, 0.15) is 68.5 Å². The van der Waals surface area contributed by atoms with E-state index in [9.17, 15) is 9.59 Å². The highest BCUT2D eigenvalue weighted by molar-refractivity contribution is 5.96. The molecule has 9 heteroatoms. The van der Waals surface area contributed by atoms with E-state index >= 15 is 0 Å². The van der Waals surface area contributed by atoms with E-state index in [4.69, 9.17) is 14.0 Å². The van der Waals surface area contributed by atoms with Gasteiger partial charge in [-0.3, -0.25) is 9.59 Å². The number of amides is 1. The van der Waals surface area contributed by atoms with Gasteiger partial charge in [-0.05, 0) is 24.5 Å². The zero-order valence-corrected chi connectivity index (χ0v) is 19.6. The molecule has 2 heterocycles. The van der Waals surface area contributed by atoms with Gasteiger partial charge in [0.25, 0.3) is 5.91 Å². The van der Waals surface area contributed by atoms with Crippen LogP contribution in [0.3, 0.4) is 0 Å². The zero-order chi connectivity index (χ0) is 24.1. The average molecular weight is 453 g/mol. The minimum absolute atomic E-state index is 0.0416. The van der Waals surface area contributed by atoms with Gasteiger partial charge in [0.2, 0.25) is 17.5 Å². The fourth-order valence-electron chi connectivity index (χ4n) is 2.96. The van der Waals surface area contributed by atoms with E-state index in [0.29, 0.717) is 11.7 Å². The molecule has 0 radical (unpaired) electrons. The number of carbonyl (C=O) groups excluding carboxylic acids is 2. The molecule has 0 spiro atoms. The summed E-state index contributed by atoms with van der Waals surface area (Å²) in [4.78, 5) is 33.6. The molecular formula is C24H28N4O5. The third-order valence-electron chi connectivity index (χ3n) is 4.95. The third-order valence-corrected chi connectivity index (χ3v) is 4.95. The van der Waals surface area contributed by atoms with Crippen LogP contribution in [-0.4, -0.2) is 34.1 Å². The van der Waals surface area contributed by atoms with Crippen molar-refractivity contribution < 1.29 is 23.6 Å². The van der Waals surface area contributed by atoms with Gasteiger partial charge in [-0.15, -0.1) is 0 Å². The van der Waals surface area contributed by atoms with Gasteiger partial charge < -0.3 is 19.3 Å². The number of nitrogens with one attached hydrogen (secondary N) is 1. The number of pyridine rings is 1.